The Bertz CT molecular complexity index is 354. The topological polar surface area (TPSA) is 55.4 Å². The fourth-order valence-corrected chi connectivity index (χ4v) is 3.31. The van der Waals surface area contributed by atoms with E-state index < -0.39 is 0 Å². The molecule has 0 aromatic heterocycles. The lowest BCUT2D eigenvalue weighted by Crippen LogP contribution is -2.35. The fraction of sp³-hybridized carbons (Fsp3) is 0.889. The third-order valence-electron chi connectivity index (χ3n) is 4.68. The Balaban J connectivity index is 2.23. The Hall–Kier alpha value is -1.06. The van der Waals surface area contributed by atoms with E-state index in [1.54, 1.807) is 0 Å². The van der Waals surface area contributed by atoms with Crippen LogP contribution < -0.4 is 5.32 Å². The van der Waals surface area contributed by atoms with Crippen LogP contribution in [0.2, 0.25) is 0 Å². The normalized spacial score (nSPS) is 25.0. The summed E-state index contributed by atoms with van der Waals surface area (Å²) in [5.74, 6) is 1.70. The maximum absolute atomic E-state index is 12.0. The van der Waals surface area contributed by atoms with E-state index in [2.05, 4.69) is 26.1 Å². The first-order valence-electron chi connectivity index (χ1n) is 8.84. The van der Waals surface area contributed by atoms with Crippen LogP contribution in [0.25, 0.3) is 0 Å². The van der Waals surface area contributed by atoms with Gasteiger partial charge < -0.3 is 10.1 Å². The summed E-state index contributed by atoms with van der Waals surface area (Å²) in [5.41, 5.74) is 0. The van der Waals surface area contributed by atoms with Gasteiger partial charge in [0.2, 0.25) is 5.91 Å². The van der Waals surface area contributed by atoms with Crippen molar-refractivity contribution in [1.82, 2.24) is 5.32 Å². The standard InChI is InChI=1S/C18H33NO3/c1-13(2)16-10-9-14(3)12-17(16)22-18(21)8-6-5-7-11-19-15(4)20/h13-14,16-17H,5-12H2,1-4H3,(H,19,20). The highest BCUT2D eigenvalue weighted by atomic mass is 16.5. The molecule has 1 aliphatic rings. The van der Waals surface area contributed by atoms with Gasteiger partial charge in [0.1, 0.15) is 6.10 Å². The molecule has 0 heterocycles. The molecule has 0 aromatic carbocycles. The third kappa shape index (κ3) is 7.28. The largest absolute Gasteiger partial charge is 0.462 e. The summed E-state index contributed by atoms with van der Waals surface area (Å²) in [7, 11) is 0. The molecule has 22 heavy (non-hydrogen) atoms. The van der Waals surface area contributed by atoms with Crippen molar-refractivity contribution in [3.05, 3.63) is 0 Å². The highest BCUT2D eigenvalue weighted by Gasteiger charge is 2.33. The van der Waals surface area contributed by atoms with Crippen LogP contribution in [-0.2, 0) is 14.3 Å². The summed E-state index contributed by atoms with van der Waals surface area (Å²) in [4.78, 5) is 22.8. The highest BCUT2D eigenvalue weighted by molar-refractivity contribution is 5.72. The van der Waals surface area contributed by atoms with E-state index >= 15 is 0 Å². The zero-order chi connectivity index (χ0) is 16.5. The predicted octanol–water partition coefficient (Wildman–Crippen LogP) is 3.69. The Morgan fingerprint density at radius 1 is 1.18 bits per heavy atom. The molecule has 0 aromatic rings. The monoisotopic (exact) mass is 311 g/mol. The summed E-state index contributed by atoms with van der Waals surface area (Å²) in [5, 5.41) is 2.77. The van der Waals surface area contributed by atoms with Crippen molar-refractivity contribution >= 4 is 11.9 Å². The van der Waals surface area contributed by atoms with Crippen molar-refractivity contribution in [3.63, 3.8) is 0 Å². The Morgan fingerprint density at radius 2 is 1.91 bits per heavy atom. The number of rotatable bonds is 8. The van der Waals surface area contributed by atoms with Gasteiger partial charge in [0.15, 0.2) is 0 Å². The molecule has 4 heteroatoms. The summed E-state index contributed by atoms with van der Waals surface area (Å²) in [6.07, 6.45) is 6.75. The van der Waals surface area contributed by atoms with Gasteiger partial charge in [0.25, 0.3) is 0 Å². The number of ether oxygens (including phenoxy) is 1. The summed E-state index contributed by atoms with van der Waals surface area (Å²) in [6.45, 7) is 8.92. The number of esters is 1. The maximum atomic E-state index is 12.0. The van der Waals surface area contributed by atoms with Gasteiger partial charge >= 0.3 is 5.97 Å². The molecule has 4 nitrogen and oxygen atoms in total. The first-order chi connectivity index (χ1) is 10.4. The molecule has 1 saturated carbocycles. The van der Waals surface area contributed by atoms with Crippen LogP contribution in [0.15, 0.2) is 0 Å². The molecule has 0 aliphatic heterocycles. The number of hydrogen-bond donors (Lipinski definition) is 1. The minimum atomic E-state index is -0.0516. The molecule has 1 aliphatic carbocycles. The number of nitrogens with one attached hydrogen (secondary N) is 1. The van der Waals surface area contributed by atoms with Crippen molar-refractivity contribution in [2.75, 3.05) is 6.54 Å². The van der Waals surface area contributed by atoms with Gasteiger partial charge in [-0.2, -0.15) is 0 Å². The molecule has 0 saturated heterocycles. The molecular weight excluding hydrogens is 278 g/mol. The van der Waals surface area contributed by atoms with Gasteiger partial charge in [0, 0.05) is 19.9 Å². The fourth-order valence-electron chi connectivity index (χ4n) is 3.31. The quantitative estimate of drug-likeness (QED) is 0.549. The van der Waals surface area contributed by atoms with Crippen LogP contribution in [0.3, 0.4) is 0 Å². The number of unbranched alkanes of at least 4 members (excludes halogenated alkanes) is 2. The van der Waals surface area contributed by atoms with Crippen molar-refractivity contribution in [1.29, 1.82) is 0 Å². The van der Waals surface area contributed by atoms with E-state index in [0.717, 1.165) is 25.7 Å². The van der Waals surface area contributed by atoms with Crippen LogP contribution in [0.1, 0.15) is 72.6 Å². The molecule has 1 fully saturated rings. The first-order valence-corrected chi connectivity index (χ1v) is 8.84. The number of hydrogen-bond acceptors (Lipinski definition) is 3. The zero-order valence-electron chi connectivity index (χ0n) is 14.7. The number of amides is 1. The van der Waals surface area contributed by atoms with Gasteiger partial charge in [-0.25, -0.2) is 0 Å². The van der Waals surface area contributed by atoms with E-state index in [1.165, 1.54) is 19.8 Å². The lowest BCUT2D eigenvalue weighted by atomic mass is 9.75. The highest BCUT2D eigenvalue weighted by Crippen LogP contribution is 2.35. The first kappa shape index (κ1) is 19.0. The van der Waals surface area contributed by atoms with Crippen LogP contribution in [0.5, 0.6) is 0 Å². The van der Waals surface area contributed by atoms with Crippen LogP contribution in [-0.4, -0.2) is 24.5 Å². The molecule has 1 amide bonds. The van der Waals surface area contributed by atoms with Crippen LogP contribution in [0.4, 0.5) is 0 Å². The van der Waals surface area contributed by atoms with Gasteiger partial charge in [0.05, 0.1) is 0 Å². The van der Waals surface area contributed by atoms with Crippen molar-refractivity contribution in [2.24, 2.45) is 17.8 Å². The molecule has 0 spiro atoms. The van der Waals surface area contributed by atoms with Crippen molar-refractivity contribution in [2.45, 2.75) is 78.7 Å². The smallest absolute Gasteiger partial charge is 0.306 e. The van der Waals surface area contributed by atoms with E-state index in [1.807, 2.05) is 0 Å². The molecule has 128 valence electrons. The summed E-state index contributed by atoms with van der Waals surface area (Å²) < 4.78 is 5.77. The lowest BCUT2D eigenvalue weighted by Gasteiger charge is -2.36. The zero-order valence-corrected chi connectivity index (χ0v) is 14.7. The van der Waals surface area contributed by atoms with E-state index in [-0.39, 0.29) is 18.0 Å². The second-order valence-electron chi connectivity index (χ2n) is 7.15. The van der Waals surface area contributed by atoms with Gasteiger partial charge in [-0.05, 0) is 43.4 Å². The average Bonchev–Trinajstić information content (AvgIpc) is 2.42. The molecule has 0 radical (unpaired) electrons. The van der Waals surface area contributed by atoms with E-state index in [0.29, 0.717) is 30.7 Å². The van der Waals surface area contributed by atoms with E-state index in [4.69, 9.17) is 4.74 Å². The third-order valence-corrected chi connectivity index (χ3v) is 4.68. The molecule has 1 rings (SSSR count). The lowest BCUT2D eigenvalue weighted by molar-refractivity contribution is -0.156. The van der Waals surface area contributed by atoms with Crippen LogP contribution >= 0.6 is 0 Å². The minimum absolute atomic E-state index is 0.00514. The van der Waals surface area contributed by atoms with E-state index in [9.17, 15) is 9.59 Å². The molecule has 3 unspecified atom stereocenters. The Kier molecular flexibility index (Phi) is 8.51. The van der Waals surface area contributed by atoms with Crippen LogP contribution in [0, 0.1) is 17.8 Å². The summed E-state index contributed by atoms with van der Waals surface area (Å²) >= 11 is 0. The van der Waals surface area contributed by atoms with Gasteiger partial charge in [-0.1, -0.05) is 33.6 Å². The second-order valence-corrected chi connectivity index (χ2v) is 7.15. The Labute approximate surface area is 135 Å². The van der Waals surface area contributed by atoms with Gasteiger partial charge in [-0.15, -0.1) is 0 Å². The Morgan fingerprint density at radius 3 is 2.55 bits per heavy atom. The number of carbonyl (C=O) groups excluding carboxylic acids is 2. The van der Waals surface area contributed by atoms with Gasteiger partial charge in [-0.3, -0.25) is 9.59 Å². The molecule has 1 N–H and O–H groups in total. The predicted molar refractivity (Wildman–Crippen MR) is 88.4 cm³/mol. The second kappa shape index (κ2) is 9.86. The number of carbonyl (C=O) groups is 2. The SMILES string of the molecule is CC(=O)NCCCCCC(=O)OC1CC(C)CCC1C(C)C. The molecule has 3 atom stereocenters. The molecule has 0 bridgehead atoms. The van der Waals surface area contributed by atoms with Crippen molar-refractivity contribution in [3.8, 4) is 0 Å². The maximum Gasteiger partial charge on any atom is 0.306 e. The van der Waals surface area contributed by atoms with Crippen molar-refractivity contribution < 1.29 is 14.3 Å². The average molecular weight is 311 g/mol. The minimum Gasteiger partial charge on any atom is -0.462 e. The molecular formula is C18H33NO3. The summed E-state index contributed by atoms with van der Waals surface area (Å²) in [6, 6.07) is 0.